The van der Waals surface area contributed by atoms with Crippen molar-refractivity contribution in [2.75, 3.05) is 30.8 Å². The van der Waals surface area contributed by atoms with Crippen LogP contribution in [0.25, 0.3) is 11.2 Å². The Balaban J connectivity index is 1.53. The highest BCUT2D eigenvalue weighted by atomic mass is 32.2. The average molecular weight is 567 g/mol. The van der Waals surface area contributed by atoms with E-state index in [0.717, 1.165) is 11.3 Å². The molecule has 2 saturated heterocycles. The highest BCUT2D eigenvalue weighted by Gasteiger charge is 2.64. The van der Waals surface area contributed by atoms with Gasteiger partial charge < -0.3 is 25.1 Å². The van der Waals surface area contributed by atoms with Gasteiger partial charge in [0.05, 0.1) is 18.7 Å². The van der Waals surface area contributed by atoms with E-state index >= 15 is 0 Å². The molecule has 0 amide bonds. The van der Waals surface area contributed by atoms with Crippen molar-refractivity contribution < 1.29 is 50.7 Å². The fourth-order valence-corrected chi connectivity index (χ4v) is 5.61. The smallest absolute Gasteiger partial charge is 0.432 e. The molecule has 20 heteroatoms. The van der Waals surface area contributed by atoms with E-state index in [1.54, 1.807) is 13.8 Å². The number of aromatic nitrogens is 4. The van der Waals surface area contributed by atoms with Crippen LogP contribution >= 0.6 is 7.82 Å². The van der Waals surface area contributed by atoms with Crippen LogP contribution in [-0.4, -0.2) is 83.4 Å². The summed E-state index contributed by atoms with van der Waals surface area (Å²) >= 11 is 0. The van der Waals surface area contributed by atoms with Gasteiger partial charge in [-0.2, -0.15) is 9.97 Å². The first-order chi connectivity index (χ1) is 17.1. The zero-order valence-corrected chi connectivity index (χ0v) is 22.0. The summed E-state index contributed by atoms with van der Waals surface area (Å²) in [7, 11) is -6.54. The minimum Gasteiger partial charge on any atom is -0.432 e. The third-order valence-electron chi connectivity index (χ3n) is 5.07. The molecule has 37 heavy (non-hydrogen) atoms. The number of phosphoric ester groups is 1. The lowest BCUT2D eigenvalue weighted by Gasteiger charge is -2.28. The molecule has 0 spiro atoms. The molecule has 2 aliphatic heterocycles. The molecule has 4 N–H and O–H groups in total. The Hall–Kier alpha value is -2.64. The van der Waals surface area contributed by atoms with E-state index in [1.165, 1.54) is 24.9 Å². The molecule has 2 aromatic rings. The molecule has 4 rings (SSSR count). The molecule has 2 aliphatic rings. The second-order valence-corrected chi connectivity index (χ2v) is 11.9. The number of nitrogen functional groups attached to an aromatic ring is 1. The Morgan fingerprint density at radius 3 is 2.73 bits per heavy atom. The normalized spacial score (nSPS) is 29.5. The fourth-order valence-electron chi connectivity index (χ4n) is 3.67. The van der Waals surface area contributed by atoms with E-state index in [4.69, 9.17) is 28.8 Å². The van der Waals surface area contributed by atoms with Gasteiger partial charge in [0.15, 0.2) is 29.3 Å². The van der Waals surface area contributed by atoms with E-state index in [1.807, 2.05) is 0 Å². The number of nitrogens with one attached hydrogen (secondary N) is 1. The number of hydrogen-bond donors (Lipinski definition) is 3. The lowest BCUT2D eigenvalue weighted by molar-refractivity contribution is -0.129. The first-order valence-electron chi connectivity index (χ1n) is 10.6. The quantitative estimate of drug-likeness (QED) is 0.165. The highest BCUT2D eigenvalue weighted by molar-refractivity contribution is 7.88. The number of hydrogen-bond acceptors (Lipinski definition) is 16. The number of aliphatic hydroxyl groups is 1. The molecule has 18 nitrogen and oxygen atoms in total. The first-order valence-corrected chi connectivity index (χ1v) is 14.0. The van der Waals surface area contributed by atoms with Crippen LogP contribution in [0.5, 0.6) is 0 Å². The van der Waals surface area contributed by atoms with Crippen molar-refractivity contribution in [1.82, 2.24) is 24.4 Å². The van der Waals surface area contributed by atoms with Crippen LogP contribution in [0.2, 0.25) is 0 Å². The fraction of sp³-hybridized carbons (Fsp3) is 0.647. The monoisotopic (exact) mass is 567 g/mol. The second kappa shape index (κ2) is 9.59. The van der Waals surface area contributed by atoms with E-state index < -0.39 is 61.1 Å². The number of phosphoric acid groups is 1. The van der Waals surface area contributed by atoms with Crippen LogP contribution in [0.1, 0.15) is 27.0 Å². The van der Waals surface area contributed by atoms with Gasteiger partial charge in [-0.05, 0) is 20.8 Å². The molecule has 5 atom stereocenters. The minimum atomic E-state index is -4.28. The Bertz CT molecular complexity index is 1350. The Morgan fingerprint density at radius 1 is 1.41 bits per heavy atom. The number of hydrazine groups is 1. The predicted octanol–water partition coefficient (Wildman–Crippen LogP) is -0.0260. The molecule has 0 bridgehead atoms. The number of nitrogens with two attached hydrogens (primary N) is 1. The summed E-state index contributed by atoms with van der Waals surface area (Å²) < 4.78 is 68.1. The molecule has 0 aliphatic carbocycles. The van der Waals surface area contributed by atoms with Gasteiger partial charge in [-0.1, -0.05) is 0 Å². The average Bonchev–Trinajstić information content (AvgIpc) is 3.36. The largest absolute Gasteiger partial charge is 0.510 e. The summed E-state index contributed by atoms with van der Waals surface area (Å²) in [6.07, 6.45) is -3.13. The number of nitrogens with zero attached hydrogens (tertiary/aromatic N) is 5. The molecule has 0 saturated carbocycles. The number of carbonyl (C=O) groups is 1. The summed E-state index contributed by atoms with van der Waals surface area (Å²) in [5.41, 5.74) is 4.17. The molecule has 2 aromatic heterocycles. The second-order valence-electron chi connectivity index (χ2n) is 8.62. The highest BCUT2D eigenvalue weighted by Crippen LogP contribution is 2.63. The number of ether oxygens (including phenoxy) is 3. The number of anilines is 2. The molecular formula is C17H26N7O11PS. The number of rotatable bonds is 8. The lowest BCUT2D eigenvalue weighted by Crippen LogP contribution is -2.43. The number of carbonyl (C=O) groups excluding carboxylic acids is 1. The molecule has 1 unspecified atom stereocenters. The van der Waals surface area contributed by atoms with Gasteiger partial charge in [0.1, 0.15) is 5.60 Å². The summed E-state index contributed by atoms with van der Waals surface area (Å²) in [5.74, 6) is -0.184. The summed E-state index contributed by atoms with van der Waals surface area (Å²) in [6.45, 7) is 3.76. The number of imidazole rings is 1. The van der Waals surface area contributed by atoms with Gasteiger partial charge in [-0.15, -0.1) is 4.83 Å². The summed E-state index contributed by atoms with van der Waals surface area (Å²) in [5, 5.41) is 12.4. The van der Waals surface area contributed by atoms with Gasteiger partial charge in [0.2, 0.25) is 29.1 Å². The number of fused-ring (bicyclic) bond motifs is 2. The van der Waals surface area contributed by atoms with Crippen molar-refractivity contribution in [3.63, 3.8) is 0 Å². The van der Waals surface area contributed by atoms with Crippen molar-refractivity contribution in [3.05, 3.63) is 6.33 Å². The van der Waals surface area contributed by atoms with Gasteiger partial charge >= 0.3 is 14.0 Å². The van der Waals surface area contributed by atoms with Gasteiger partial charge in [-0.25, -0.2) is 27.3 Å². The molecule has 0 radical (unpaired) electrons. The molecule has 2 fully saturated rings. The van der Waals surface area contributed by atoms with Crippen LogP contribution < -0.4 is 15.6 Å². The summed E-state index contributed by atoms with van der Waals surface area (Å²) in [6, 6.07) is 0. The number of sulfonamides is 1. The predicted molar refractivity (Wildman–Crippen MR) is 123 cm³/mol. The molecule has 206 valence electrons. The van der Waals surface area contributed by atoms with Crippen LogP contribution in [0.15, 0.2) is 6.33 Å². The SMILES string of the molecule is CC(C)OC(=O)OCOP1(=O)O[C@H]2O[C@@H](n3cnc4c(N(C)NS(C)(=O)=O)nc(N)nc43)[C@](C)(O)[C@@H]2O1. The molecule has 0 aromatic carbocycles. The molecule has 4 heterocycles. The van der Waals surface area contributed by atoms with Crippen LogP contribution in [0, 0.1) is 0 Å². The zero-order chi connectivity index (χ0) is 27.3. The maximum Gasteiger partial charge on any atom is 0.510 e. The van der Waals surface area contributed by atoms with Crippen molar-refractivity contribution in [1.29, 1.82) is 0 Å². The maximum atomic E-state index is 12.8. The topological polar surface area (TPSA) is 229 Å². The Labute approximate surface area is 210 Å². The van der Waals surface area contributed by atoms with Crippen molar-refractivity contribution in [2.45, 2.75) is 51.1 Å². The third kappa shape index (κ3) is 5.63. The van der Waals surface area contributed by atoms with Crippen LogP contribution in [0.3, 0.4) is 0 Å². The van der Waals surface area contributed by atoms with Crippen LogP contribution in [0.4, 0.5) is 16.6 Å². The Kier molecular flexibility index (Phi) is 7.10. The van der Waals surface area contributed by atoms with Crippen molar-refractivity contribution in [3.8, 4) is 0 Å². The van der Waals surface area contributed by atoms with E-state index in [-0.39, 0.29) is 22.9 Å². The van der Waals surface area contributed by atoms with Gasteiger partial charge in [-0.3, -0.25) is 18.6 Å². The first kappa shape index (κ1) is 27.4. The third-order valence-corrected chi connectivity index (χ3v) is 7.05. The maximum absolute atomic E-state index is 12.8. The Morgan fingerprint density at radius 2 is 2.11 bits per heavy atom. The molecular weight excluding hydrogens is 541 g/mol. The van der Waals surface area contributed by atoms with E-state index in [2.05, 4.69) is 24.5 Å². The van der Waals surface area contributed by atoms with Crippen LogP contribution in [-0.2, 0) is 42.4 Å². The zero-order valence-electron chi connectivity index (χ0n) is 20.3. The van der Waals surface area contributed by atoms with E-state index in [0.29, 0.717) is 0 Å². The summed E-state index contributed by atoms with van der Waals surface area (Å²) in [4.78, 5) is 26.1. The van der Waals surface area contributed by atoms with Gasteiger partial charge in [0.25, 0.3) is 0 Å². The van der Waals surface area contributed by atoms with Gasteiger partial charge in [0, 0.05) is 7.05 Å². The van der Waals surface area contributed by atoms with E-state index in [9.17, 15) is 22.9 Å². The van der Waals surface area contributed by atoms with Crippen molar-refractivity contribution in [2.24, 2.45) is 0 Å². The standard InChI is InChI=1S/C17H26N7O11PS/c1-8(2)32-16(25)30-7-31-36(27)34-10-13(35-36)33-14(17(10,3)26)24-6-19-9-11(20-15(18)21-12(9)24)23(4)22-37(5,28)29/h6,8,10,13-14,22,26H,7H2,1-5H3,(H2,18,20,21)/t10-,13-,14-,17-,36?/m1/s1. The van der Waals surface area contributed by atoms with Crippen molar-refractivity contribution >= 4 is 46.9 Å². The minimum absolute atomic E-state index is 0.0332. The lowest BCUT2D eigenvalue weighted by atomic mass is 9.99.